The maximum absolute atomic E-state index is 6.00. The molecule has 0 fully saturated rings. The largest absolute Gasteiger partial charge is 0.371 e. The maximum atomic E-state index is 6.00. The van der Waals surface area contributed by atoms with Gasteiger partial charge in [-0.2, -0.15) is 0 Å². The summed E-state index contributed by atoms with van der Waals surface area (Å²) in [5.74, 6) is 0.521. The highest BCUT2D eigenvalue weighted by molar-refractivity contribution is 6.17. The first kappa shape index (κ1) is 15.3. The highest BCUT2D eigenvalue weighted by Gasteiger charge is 2.10. The van der Waals surface area contributed by atoms with Crippen LogP contribution >= 0.6 is 11.6 Å². The van der Waals surface area contributed by atoms with Crippen molar-refractivity contribution < 1.29 is 0 Å². The van der Waals surface area contributed by atoms with Crippen LogP contribution in [-0.2, 0) is 5.88 Å². The molecule has 0 saturated carbocycles. The van der Waals surface area contributed by atoms with E-state index in [1.165, 1.54) is 5.69 Å². The van der Waals surface area contributed by atoms with Crippen LogP contribution in [0, 0.1) is 6.92 Å². The van der Waals surface area contributed by atoms with E-state index in [0.717, 1.165) is 37.3 Å². The number of aromatic nitrogens is 1. The molecule has 0 unspecified atom stereocenters. The Labute approximate surface area is 116 Å². The van der Waals surface area contributed by atoms with Crippen LogP contribution in [0.25, 0.3) is 0 Å². The van der Waals surface area contributed by atoms with E-state index in [9.17, 15) is 0 Å². The van der Waals surface area contributed by atoms with Gasteiger partial charge < -0.3 is 9.80 Å². The summed E-state index contributed by atoms with van der Waals surface area (Å²) in [6.07, 6.45) is 3.05. The third kappa shape index (κ3) is 4.46. The molecule has 1 heterocycles. The Kier molecular flexibility index (Phi) is 6.44. The van der Waals surface area contributed by atoms with Crippen molar-refractivity contribution in [3.63, 3.8) is 0 Å². The normalized spacial score (nSPS) is 11.0. The van der Waals surface area contributed by atoms with Gasteiger partial charge >= 0.3 is 0 Å². The first-order chi connectivity index (χ1) is 8.58. The van der Waals surface area contributed by atoms with E-state index in [0.29, 0.717) is 5.88 Å². The van der Waals surface area contributed by atoms with Gasteiger partial charge in [0.15, 0.2) is 0 Å². The molecule has 18 heavy (non-hydrogen) atoms. The summed E-state index contributed by atoms with van der Waals surface area (Å²) >= 11 is 6.00. The molecule has 0 amide bonds. The van der Waals surface area contributed by atoms with Crippen molar-refractivity contribution in [1.29, 1.82) is 0 Å². The van der Waals surface area contributed by atoms with E-state index in [4.69, 9.17) is 11.6 Å². The van der Waals surface area contributed by atoms with Crippen molar-refractivity contribution in [3.05, 3.63) is 23.5 Å². The predicted molar refractivity (Wildman–Crippen MR) is 79.6 cm³/mol. The lowest BCUT2D eigenvalue weighted by Gasteiger charge is -2.26. The summed E-state index contributed by atoms with van der Waals surface area (Å²) in [7, 11) is 4.22. The lowest BCUT2D eigenvalue weighted by atomic mass is 10.2. The van der Waals surface area contributed by atoms with Gasteiger partial charge in [-0.25, -0.2) is 0 Å². The molecule has 0 saturated heterocycles. The Bertz CT molecular complexity index is 366. The van der Waals surface area contributed by atoms with Crippen LogP contribution < -0.4 is 4.90 Å². The minimum Gasteiger partial charge on any atom is -0.371 e. The average Bonchev–Trinajstić information content (AvgIpc) is 2.34. The quantitative estimate of drug-likeness (QED) is 0.710. The van der Waals surface area contributed by atoms with E-state index < -0.39 is 0 Å². The molecule has 0 spiro atoms. The van der Waals surface area contributed by atoms with Gasteiger partial charge in [-0.1, -0.05) is 0 Å². The number of hydrogen-bond donors (Lipinski definition) is 0. The Balaban J connectivity index is 2.77. The Morgan fingerprint density at radius 1 is 1.28 bits per heavy atom. The molecule has 4 heteroatoms. The Morgan fingerprint density at radius 3 is 2.56 bits per heavy atom. The van der Waals surface area contributed by atoms with Crippen molar-refractivity contribution in [3.8, 4) is 0 Å². The number of alkyl halides is 1. The average molecular weight is 270 g/mol. The van der Waals surface area contributed by atoms with Crippen LogP contribution in [0.4, 0.5) is 5.69 Å². The molecule has 3 nitrogen and oxygen atoms in total. The van der Waals surface area contributed by atoms with Crippen LogP contribution in [-0.4, -0.2) is 43.6 Å². The number of rotatable bonds is 7. The van der Waals surface area contributed by atoms with Gasteiger partial charge in [-0.05, 0) is 47.0 Å². The summed E-state index contributed by atoms with van der Waals surface area (Å²) in [6, 6.07) is 2.14. The number of nitrogens with zero attached hydrogens (tertiary/aromatic N) is 3. The van der Waals surface area contributed by atoms with Gasteiger partial charge in [0.05, 0.1) is 5.88 Å². The van der Waals surface area contributed by atoms with E-state index in [1.54, 1.807) is 0 Å². The van der Waals surface area contributed by atoms with Crippen LogP contribution in [0.1, 0.15) is 24.6 Å². The maximum Gasteiger partial charge on any atom is 0.0509 e. The molecule has 0 radical (unpaired) electrons. The van der Waals surface area contributed by atoms with Crippen molar-refractivity contribution in [2.24, 2.45) is 0 Å². The summed E-state index contributed by atoms with van der Waals surface area (Å²) in [5, 5.41) is 0. The molecule has 102 valence electrons. The molecule has 0 aliphatic heterocycles. The SMILES string of the molecule is CCN(CCCN(C)C)c1cc(C)ncc1CCl. The van der Waals surface area contributed by atoms with E-state index in [2.05, 4.69) is 41.9 Å². The summed E-state index contributed by atoms with van der Waals surface area (Å²) in [6.45, 7) is 7.37. The molecule has 1 aromatic heterocycles. The molecule has 0 bridgehead atoms. The third-order valence-electron chi connectivity index (χ3n) is 3.00. The number of aryl methyl sites for hydroxylation is 1. The monoisotopic (exact) mass is 269 g/mol. The fraction of sp³-hybridized carbons (Fsp3) is 0.643. The van der Waals surface area contributed by atoms with Crippen LogP contribution in [0.5, 0.6) is 0 Å². The minimum absolute atomic E-state index is 0.521. The highest BCUT2D eigenvalue weighted by atomic mass is 35.5. The second-order valence-electron chi connectivity index (χ2n) is 4.82. The topological polar surface area (TPSA) is 19.4 Å². The molecule has 1 aromatic rings. The third-order valence-corrected chi connectivity index (χ3v) is 3.29. The predicted octanol–water partition coefficient (Wildman–Crippen LogP) is 2.91. The summed E-state index contributed by atoms with van der Waals surface area (Å²) in [4.78, 5) is 8.92. The second-order valence-corrected chi connectivity index (χ2v) is 5.09. The number of hydrogen-bond acceptors (Lipinski definition) is 3. The van der Waals surface area contributed by atoms with Gasteiger partial charge in [0.25, 0.3) is 0 Å². The zero-order valence-corrected chi connectivity index (χ0v) is 12.7. The molecule has 0 atom stereocenters. The molecule has 0 N–H and O–H groups in total. The fourth-order valence-corrected chi connectivity index (χ4v) is 2.20. The first-order valence-electron chi connectivity index (χ1n) is 6.49. The summed E-state index contributed by atoms with van der Waals surface area (Å²) < 4.78 is 0. The molecule has 0 aromatic carbocycles. The van der Waals surface area contributed by atoms with Crippen molar-refractivity contribution >= 4 is 17.3 Å². The zero-order chi connectivity index (χ0) is 13.5. The number of anilines is 1. The minimum atomic E-state index is 0.521. The molecular weight excluding hydrogens is 246 g/mol. The molecular formula is C14H24ClN3. The molecule has 0 aliphatic carbocycles. The smallest absolute Gasteiger partial charge is 0.0509 e. The van der Waals surface area contributed by atoms with Gasteiger partial charge in [-0.3, -0.25) is 4.98 Å². The lowest BCUT2D eigenvalue weighted by Crippen LogP contribution is -2.28. The lowest BCUT2D eigenvalue weighted by molar-refractivity contribution is 0.400. The number of pyridine rings is 1. The van der Waals surface area contributed by atoms with E-state index >= 15 is 0 Å². The summed E-state index contributed by atoms with van der Waals surface area (Å²) in [5.41, 5.74) is 3.40. The van der Waals surface area contributed by atoms with Gasteiger partial charge in [0.2, 0.25) is 0 Å². The van der Waals surface area contributed by atoms with Gasteiger partial charge in [0, 0.05) is 36.2 Å². The second kappa shape index (κ2) is 7.59. The van der Waals surface area contributed by atoms with Crippen molar-refractivity contribution in [2.45, 2.75) is 26.1 Å². The van der Waals surface area contributed by atoms with Crippen molar-refractivity contribution in [1.82, 2.24) is 9.88 Å². The Morgan fingerprint density at radius 2 is 2.00 bits per heavy atom. The molecule has 0 aliphatic rings. The van der Waals surface area contributed by atoms with Crippen LogP contribution in [0.2, 0.25) is 0 Å². The van der Waals surface area contributed by atoms with Crippen LogP contribution in [0.3, 0.4) is 0 Å². The molecule has 1 rings (SSSR count). The Hall–Kier alpha value is -0.800. The van der Waals surface area contributed by atoms with Crippen LogP contribution in [0.15, 0.2) is 12.3 Å². The van der Waals surface area contributed by atoms with E-state index in [-0.39, 0.29) is 0 Å². The highest BCUT2D eigenvalue weighted by Crippen LogP contribution is 2.22. The zero-order valence-electron chi connectivity index (χ0n) is 11.9. The van der Waals surface area contributed by atoms with E-state index in [1.807, 2.05) is 13.1 Å². The van der Waals surface area contributed by atoms with Gasteiger partial charge in [0.1, 0.15) is 0 Å². The van der Waals surface area contributed by atoms with Gasteiger partial charge in [-0.15, -0.1) is 11.6 Å². The standard InChI is InChI=1S/C14H24ClN3/c1-5-18(8-6-7-17(3)4)14-9-12(2)16-11-13(14)10-15/h9,11H,5-8,10H2,1-4H3. The van der Waals surface area contributed by atoms with Crippen molar-refractivity contribution in [2.75, 3.05) is 38.6 Å². The number of halogens is 1. The first-order valence-corrected chi connectivity index (χ1v) is 7.03. The fourth-order valence-electron chi connectivity index (χ4n) is 2.00.